The van der Waals surface area contributed by atoms with Crippen molar-refractivity contribution in [3.05, 3.63) is 23.3 Å². The van der Waals surface area contributed by atoms with E-state index in [1.165, 1.54) is 0 Å². The molecule has 2 aromatic rings. The zero-order chi connectivity index (χ0) is 10.3. The van der Waals surface area contributed by atoms with Crippen LogP contribution in [0.5, 0.6) is 0 Å². The highest BCUT2D eigenvalue weighted by Crippen LogP contribution is 2.23. The lowest BCUT2D eigenvalue weighted by atomic mass is 10.1. The van der Waals surface area contributed by atoms with Gasteiger partial charge in [-0.1, -0.05) is 6.07 Å². The van der Waals surface area contributed by atoms with Crippen LogP contribution in [-0.2, 0) is 13.0 Å². The standard InChI is InChI=1S/C10H11N3OS/c14-7-3-4-13-9(6-7)11-10(12-13)8-2-1-5-15-8/h1-2,5,7,14H,3-4,6H2. The van der Waals surface area contributed by atoms with Crippen molar-refractivity contribution in [3.63, 3.8) is 0 Å². The predicted octanol–water partition coefficient (Wildman–Crippen LogP) is 1.31. The van der Waals surface area contributed by atoms with Crippen LogP contribution in [0.25, 0.3) is 10.7 Å². The van der Waals surface area contributed by atoms with Gasteiger partial charge in [-0.3, -0.25) is 0 Å². The molecule has 1 atom stereocenters. The van der Waals surface area contributed by atoms with E-state index in [1.807, 2.05) is 22.2 Å². The lowest BCUT2D eigenvalue weighted by Crippen LogP contribution is -2.23. The maximum atomic E-state index is 9.52. The highest BCUT2D eigenvalue weighted by molar-refractivity contribution is 7.13. The minimum atomic E-state index is -0.252. The monoisotopic (exact) mass is 221 g/mol. The lowest BCUT2D eigenvalue weighted by Gasteiger charge is -2.16. The molecule has 0 saturated carbocycles. The van der Waals surface area contributed by atoms with E-state index < -0.39 is 0 Å². The molecule has 1 aliphatic rings. The van der Waals surface area contributed by atoms with Crippen LogP contribution in [0.15, 0.2) is 17.5 Å². The average Bonchev–Trinajstić information content (AvgIpc) is 2.84. The second-order valence-corrected chi connectivity index (χ2v) is 4.65. The maximum absolute atomic E-state index is 9.52. The van der Waals surface area contributed by atoms with Gasteiger partial charge in [0, 0.05) is 13.0 Å². The van der Waals surface area contributed by atoms with E-state index in [0.29, 0.717) is 6.42 Å². The Morgan fingerprint density at radius 1 is 1.53 bits per heavy atom. The van der Waals surface area contributed by atoms with Crippen molar-refractivity contribution in [2.45, 2.75) is 25.5 Å². The number of nitrogens with zero attached hydrogens (tertiary/aromatic N) is 3. The van der Waals surface area contributed by atoms with Crippen molar-refractivity contribution < 1.29 is 5.11 Å². The molecule has 15 heavy (non-hydrogen) atoms. The third-order valence-corrected chi connectivity index (χ3v) is 3.45. The van der Waals surface area contributed by atoms with E-state index in [4.69, 9.17) is 0 Å². The number of fused-ring (bicyclic) bond motifs is 1. The Bertz CT molecular complexity index is 463. The maximum Gasteiger partial charge on any atom is 0.191 e. The molecule has 0 saturated heterocycles. The third-order valence-electron chi connectivity index (χ3n) is 2.58. The van der Waals surface area contributed by atoms with E-state index in [9.17, 15) is 5.11 Å². The number of aliphatic hydroxyl groups excluding tert-OH is 1. The summed E-state index contributed by atoms with van der Waals surface area (Å²) in [4.78, 5) is 5.54. The fourth-order valence-electron chi connectivity index (χ4n) is 1.80. The lowest BCUT2D eigenvalue weighted by molar-refractivity contribution is 0.138. The number of rotatable bonds is 1. The zero-order valence-corrected chi connectivity index (χ0v) is 8.94. The third kappa shape index (κ3) is 1.57. The number of aryl methyl sites for hydroxylation is 1. The van der Waals surface area contributed by atoms with Crippen LogP contribution in [0.1, 0.15) is 12.2 Å². The smallest absolute Gasteiger partial charge is 0.191 e. The largest absolute Gasteiger partial charge is 0.393 e. The van der Waals surface area contributed by atoms with Gasteiger partial charge in [0.1, 0.15) is 5.82 Å². The van der Waals surface area contributed by atoms with E-state index in [2.05, 4.69) is 10.1 Å². The van der Waals surface area contributed by atoms with Crippen molar-refractivity contribution in [2.24, 2.45) is 0 Å². The summed E-state index contributed by atoms with van der Waals surface area (Å²) in [6.45, 7) is 0.773. The normalized spacial score (nSPS) is 20.2. The van der Waals surface area contributed by atoms with Gasteiger partial charge in [0.05, 0.1) is 11.0 Å². The highest BCUT2D eigenvalue weighted by atomic mass is 32.1. The van der Waals surface area contributed by atoms with Crippen molar-refractivity contribution in [1.29, 1.82) is 0 Å². The van der Waals surface area contributed by atoms with Gasteiger partial charge in [-0.25, -0.2) is 9.67 Å². The molecular weight excluding hydrogens is 210 g/mol. The van der Waals surface area contributed by atoms with Gasteiger partial charge in [0.15, 0.2) is 5.82 Å². The Morgan fingerprint density at radius 2 is 2.47 bits per heavy atom. The molecule has 4 nitrogen and oxygen atoms in total. The summed E-state index contributed by atoms with van der Waals surface area (Å²) in [5, 5.41) is 16.0. The fraction of sp³-hybridized carbons (Fsp3) is 0.400. The molecule has 0 bridgehead atoms. The molecule has 0 amide bonds. The van der Waals surface area contributed by atoms with Crippen molar-refractivity contribution in [2.75, 3.05) is 0 Å². The van der Waals surface area contributed by atoms with Gasteiger partial charge < -0.3 is 5.11 Å². The van der Waals surface area contributed by atoms with Crippen LogP contribution in [0, 0.1) is 0 Å². The van der Waals surface area contributed by atoms with Crippen LogP contribution >= 0.6 is 11.3 Å². The molecule has 3 rings (SSSR count). The quantitative estimate of drug-likeness (QED) is 0.790. The van der Waals surface area contributed by atoms with E-state index in [1.54, 1.807) is 11.3 Å². The molecular formula is C10H11N3OS. The van der Waals surface area contributed by atoms with Crippen molar-refractivity contribution >= 4 is 11.3 Å². The van der Waals surface area contributed by atoms with Gasteiger partial charge in [-0.15, -0.1) is 16.4 Å². The second kappa shape index (κ2) is 3.43. The molecule has 2 aromatic heterocycles. The SMILES string of the molecule is OC1CCn2nc(-c3cccs3)nc2C1. The van der Waals surface area contributed by atoms with Crippen molar-refractivity contribution in [3.8, 4) is 10.7 Å². The first-order valence-corrected chi connectivity index (χ1v) is 5.86. The first-order chi connectivity index (χ1) is 7.33. The molecule has 0 spiro atoms. The van der Waals surface area contributed by atoms with Crippen LogP contribution in [0.3, 0.4) is 0 Å². The summed E-state index contributed by atoms with van der Waals surface area (Å²) < 4.78 is 1.90. The second-order valence-electron chi connectivity index (χ2n) is 3.70. The van der Waals surface area contributed by atoms with Crippen LogP contribution in [0.2, 0.25) is 0 Å². The Kier molecular flexibility index (Phi) is 2.07. The Balaban J connectivity index is 2.00. The number of aromatic nitrogens is 3. The molecule has 0 fully saturated rings. The molecule has 0 radical (unpaired) electrons. The minimum Gasteiger partial charge on any atom is -0.393 e. The van der Waals surface area contributed by atoms with Gasteiger partial charge >= 0.3 is 0 Å². The molecule has 0 aliphatic carbocycles. The molecule has 1 aliphatic heterocycles. The first kappa shape index (κ1) is 9.06. The summed E-state index contributed by atoms with van der Waals surface area (Å²) in [7, 11) is 0. The van der Waals surface area contributed by atoms with Gasteiger partial charge in [-0.05, 0) is 17.9 Å². The summed E-state index contributed by atoms with van der Waals surface area (Å²) in [5.41, 5.74) is 0. The summed E-state index contributed by atoms with van der Waals surface area (Å²) in [5.74, 6) is 1.69. The summed E-state index contributed by atoms with van der Waals surface area (Å²) in [6, 6.07) is 4.01. The number of aliphatic hydroxyl groups is 1. The number of hydrogen-bond acceptors (Lipinski definition) is 4. The molecule has 3 heterocycles. The Morgan fingerprint density at radius 3 is 3.27 bits per heavy atom. The molecule has 1 N–H and O–H groups in total. The van der Waals surface area contributed by atoms with Crippen molar-refractivity contribution in [1.82, 2.24) is 14.8 Å². The molecule has 5 heteroatoms. The fourth-order valence-corrected chi connectivity index (χ4v) is 2.45. The van der Waals surface area contributed by atoms with Crippen LogP contribution in [0.4, 0.5) is 0 Å². The molecule has 0 aromatic carbocycles. The van der Waals surface area contributed by atoms with E-state index in [-0.39, 0.29) is 6.10 Å². The average molecular weight is 221 g/mol. The van der Waals surface area contributed by atoms with E-state index in [0.717, 1.165) is 29.5 Å². The van der Waals surface area contributed by atoms with Gasteiger partial charge in [0.25, 0.3) is 0 Å². The topological polar surface area (TPSA) is 50.9 Å². The zero-order valence-electron chi connectivity index (χ0n) is 8.13. The molecule has 78 valence electrons. The van der Waals surface area contributed by atoms with Crippen LogP contribution < -0.4 is 0 Å². The van der Waals surface area contributed by atoms with Gasteiger partial charge in [0.2, 0.25) is 0 Å². The van der Waals surface area contributed by atoms with Crippen LogP contribution in [-0.4, -0.2) is 26.0 Å². The number of hydrogen-bond donors (Lipinski definition) is 1. The molecule has 1 unspecified atom stereocenters. The summed E-state index contributed by atoms with van der Waals surface area (Å²) >= 11 is 1.64. The Hall–Kier alpha value is -1.20. The Labute approximate surface area is 91.2 Å². The highest BCUT2D eigenvalue weighted by Gasteiger charge is 2.20. The van der Waals surface area contributed by atoms with Gasteiger partial charge in [-0.2, -0.15) is 0 Å². The van der Waals surface area contributed by atoms with E-state index >= 15 is 0 Å². The summed E-state index contributed by atoms with van der Waals surface area (Å²) in [6.07, 6.45) is 1.15. The first-order valence-electron chi connectivity index (χ1n) is 4.98. The minimum absolute atomic E-state index is 0.252. The number of thiophene rings is 1. The predicted molar refractivity (Wildman–Crippen MR) is 57.7 cm³/mol.